The Balaban J connectivity index is 2.22. The van der Waals surface area contributed by atoms with Gasteiger partial charge in [-0.3, -0.25) is 0 Å². The molecule has 7 heteroatoms. The molecule has 1 aromatic heterocycles. The summed E-state index contributed by atoms with van der Waals surface area (Å²) in [6, 6.07) is 0. The Bertz CT molecular complexity index is 475. The Morgan fingerprint density at radius 1 is 1.61 bits per heavy atom. The van der Waals surface area contributed by atoms with E-state index < -0.39 is 7.26 Å². The number of aromatic nitrogens is 2. The molecular weight excluding hydrogens is 269 g/mol. The van der Waals surface area contributed by atoms with E-state index in [-0.39, 0.29) is 10.8 Å². The number of ether oxygens (including phenoxy) is 1. The van der Waals surface area contributed by atoms with Crippen LogP contribution in [0.2, 0.25) is 0 Å². The van der Waals surface area contributed by atoms with E-state index in [9.17, 15) is 4.79 Å². The molecule has 0 fully saturated rings. The summed E-state index contributed by atoms with van der Waals surface area (Å²) in [6.45, 7) is 8.38. The molecule has 18 heavy (non-hydrogen) atoms. The van der Waals surface area contributed by atoms with Crippen LogP contribution in [0, 0.1) is 6.92 Å². The number of carbonyl (C=O) groups is 1. The number of hydrogen-bond donors (Lipinski definition) is 0. The number of imidazole rings is 1. The number of thioether (sulfide) groups is 1. The molecule has 1 unspecified atom stereocenters. The van der Waals surface area contributed by atoms with Crippen molar-refractivity contribution in [1.29, 1.82) is 0 Å². The summed E-state index contributed by atoms with van der Waals surface area (Å²) >= 11 is 1.66. The summed E-state index contributed by atoms with van der Waals surface area (Å²) in [4.78, 5) is 16.6. The summed E-state index contributed by atoms with van der Waals surface area (Å²) in [5, 5.41) is 3.20. The van der Waals surface area contributed by atoms with E-state index in [4.69, 9.17) is 4.74 Å². The molecule has 0 amide bonds. The van der Waals surface area contributed by atoms with Gasteiger partial charge in [0, 0.05) is 0 Å². The topological polar surface area (TPSA) is 47.4 Å². The van der Waals surface area contributed by atoms with Crippen molar-refractivity contribution < 1.29 is 9.53 Å². The van der Waals surface area contributed by atoms with Gasteiger partial charge in [0.2, 0.25) is 0 Å². The molecule has 1 atom stereocenters. The van der Waals surface area contributed by atoms with Crippen LogP contribution in [-0.4, -0.2) is 47.5 Å². The fourth-order valence-corrected chi connectivity index (χ4v) is 6.59. The van der Waals surface area contributed by atoms with E-state index >= 15 is 0 Å². The first-order valence-electron chi connectivity index (χ1n) is 6.01. The molecule has 0 bridgehead atoms. The van der Waals surface area contributed by atoms with Crippen LogP contribution in [0.5, 0.6) is 0 Å². The van der Waals surface area contributed by atoms with Crippen molar-refractivity contribution in [3.63, 3.8) is 0 Å². The summed E-state index contributed by atoms with van der Waals surface area (Å²) in [5.74, 6) is 0. The molecular formula is C11H20N3O2PS. The molecule has 2 rings (SSSR count). The minimum atomic E-state index is -2.17. The molecule has 0 saturated heterocycles. The molecule has 1 aliphatic heterocycles. The number of fused-ring (bicyclic) bond motifs is 1. The van der Waals surface area contributed by atoms with Crippen LogP contribution < -0.4 is 5.01 Å². The quantitative estimate of drug-likeness (QED) is 0.799. The van der Waals surface area contributed by atoms with Gasteiger partial charge in [-0.1, -0.05) is 0 Å². The number of rotatable bonds is 3. The normalized spacial score (nSPS) is 19.8. The van der Waals surface area contributed by atoms with Gasteiger partial charge in [0.15, 0.2) is 0 Å². The SMILES string of the molecule is CCOC(=O)[PH](C)(C)C1Sc2nc(C)cn2N1C. The standard InChI is InChI=1S/C11H20N3O2PS/c1-6-16-11(15)17(4,5)10-13(3)14-7-8(2)12-9(14)18-10/h7,10,17H,6H2,1-5H3. The van der Waals surface area contributed by atoms with Crippen LogP contribution in [0.25, 0.3) is 0 Å². The molecule has 0 N–H and O–H groups in total. The average molecular weight is 289 g/mol. The first kappa shape index (κ1) is 13.7. The molecule has 0 radical (unpaired) electrons. The molecule has 1 aromatic rings. The third-order valence-electron chi connectivity index (χ3n) is 3.09. The maximum atomic E-state index is 12.1. The van der Waals surface area contributed by atoms with Crippen molar-refractivity contribution in [3.8, 4) is 0 Å². The minimum absolute atomic E-state index is 0.0307. The first-order valence-corrected chi connectivity index (χ1v) is 9.96. The number of aryl methyl sites for hydroxylation is 1. The van der Waals surface area contributed by atoms with E-state index in [0.29, 0.717) is 6.61 Å². The molecule has 102 valence electrons. The van der Waals surface area contributed by atoms with Crippen LogP contribution in [0.15, 0.2) is 11.4 Å². The maximum absolute atomic E-state index is 12.1. The van der Waals surface area contributed by atoms with Crippen LogP contribution in [-0.2, 0) is 4.74 Å². The van der Waals surface area contributed by atoms with Gasteiger partial charge < -0.3 is 0 Å². The van der Waals surface area contributed by atoms with E-state index in [2.05, 4.69) is 23.3 Å². The fraction of sp³-hybridized carbons (Fsp3) is 0.636. The fourth-order valence-electron chi connectivity index (χ4n) is 2.09. The van der Waals surface area contributed by atoms with Gasteiger partial charge in [0.1, 0.15) is 0 Å². The Morgan fingerprint density at radius 2 is 2.28 bits per heavy atom. The predicted octanol–water partition coefficient (Wildman–Crippen LogP) is 2.31. The summed E-state index contributed by atoms with van der Waals surface area (Å²) in [5.41, 5.74) is 0.968. The van der Waals surface area contributed by atoms with Crippen LogP contribution in [0.4, 0.5) is 4.79 Å². The predicted molar refractivity (Wildman–Crippen MR) is 77.9 cm³/mol. The number of carbonyl (C=O) groups excluding carboxylic acids is 1. The van der Waals surface area contributed by atoms with Gasteiger partial charge in [-0.05, 0) is 0 Å². The van der Waals surface area contributed by atoms with Gasteiger partial charge in [0.05, 0.1) is 0 Å². The van der Waals surface area contributed by atoms with Crippen LogP contribution in [0.1, 0.15) is 12.6 Å². The van der Waals surface area contributed by atoms with E-state index in [0.717, 1.165) is 10.9 Å². The van der Waals surface area contributed by atoms with Gasteiger partial charge in [0.25, 0.3) is 0 Å². The monoisotopic (exact) mass is 289 g/mol. The van der Waals surface area contributed by atoms with Crippen molar-refractivity contribution in [2.75, 3.05) is 32.0 Å². The van der Waals surface area contributed by atoms with Gasteiger partial charge in [-0.25, -0.2) is 0 Å². The summed E-state index contributed by atoms with van der Waals surface area (Å²) in [7, 11) is -0.166. The van der Waals surface area contributed by atoms with Gasteiger partial charge in [-0.15, -0.1) is 0 Å². The van der Waals surface area contributed by atoms with E-state index in [1.807, 2.05) is 31.8 Å². The van der Waals surface area contributed by atoms with Gasteiger partial charge in [-0.2, -0.15) is 0 Å². The Labute approximate surface area is 112 Å². The van der Waals surface area contributed by atoms with Crippen molar-refractivity contribution >= 4 is 24.7 Å². The first-order chi connectivity index (χ1) is 8.37. The molecule has 1 aliphatic rings. The second-order valence-electron chi connectivity index (χ2n) is 5.00. The molecule has 0 aliphatic carbocycles. The second kappa shape index (κ2) is 4.74. The zero-order valence-corrected chi connectivity index (χ0v) is 13.2. The second-order valence-corrected chi connectivity index (χ2v) is 10.9. The third kappa shape index (κ3) is 2.12. The average Bonchev–Trinajstić information content (AvgIpc) is 2.78. The van der Waals surface area contributed by atoms with Crippen LogP contribution >= 0.6 is 19.0 Å². The Morgan fingerprint density at radius 3 is 2.83 bits per heavy atom. The molecule has 0 aromatic carbocycles. The zero-order chi connectivity index (χ0) is 13.5. The molecule has 2 heterocycles. The third-order valence-corrected chi connectivity index (χ3v) is 9.04. The van der Waals surface area contributed by atoms with Gasteiger partial charge >= 0.3 is 112 Å². The Kier molecular flexibility index (Phi) is 3.60. The molecule has 0 saturated carbocycles. The van der Waals surface area contributed by atoms with E-state index in [1.54, 1.807) is 11.8 Å². The summed E-state index contributed by atoms with van der Waals surface area (Å²) < 4.78 is 7.25. The molecule has 0 spiro atoms. The van der Waals surface area contributed by atoms with E-state index in [1.165, 1.54) is 0 Å². The van der Waals surface area contributed by atoms with Crippen LogP contribution in [0.3, 0.4) is 0 Å². The number of nitrogens with zero attached hydrogens (tertiary/aromatic N) is 3. The van der Waals surface area contributed by atoms with Crippen molar-refractivity contribution in [3.05, 3.63) is 11.9 Å². The summed E-state index contributed by atoms with van der Waals surface area (Å²) in [6.07, 6.45) is 2.00. The zero-order valence-electron chi connectivity index (χ0n) is 11.4. The number of hydrogen-bond acceptors (Lipinski definition) is 5. The van der Waals surface area contributed by atoms with Crippen molar-refractivity contribution in [2.24, 2.45) is 0 Å². The molecule has 5 nitrogen and oxygen atoms in total. The van der Waals surface area contributed by atoms with Crippen molar-refractivity contribution in [2.45, 2.75) is 24.1 Å². The van der Waals surface area contributed by atoms with Crippen molar-refractivity contribution in [1.82, 2.24) is 9.66 Å². The Hall–Kier alpha value is -0.740.